The van der Waals surface area contributed by atoms with Crippen LogP contribution in [0.15, 0.2) is 30.6 Å². The van der Waals surface area contributed by atoms with Gasteiger partial charge in [-0.2, -0.15) is 5.10 Å². The van der Waals surface area contributed by atoms with Crippen LogP contribution in [0.1, 0.15) is 22.3 Å². The highest BCUT2D eigenvalue weighted by atomic mass is 15.2. The zero-order chi connectivity index (χ0) is 12.3. The predicted molar refractivity (Wildman–Crippen MR) is 69.7 cm³/mol. The van der Waals surface area contributed by atoms with Crippen LogP contribution in [-0.2, 0) is 20.1 Å². The lowest BCUT2D eigenvalue weighted by Crippen LogP contribution is -2.13. The number of hydrogen-bond acceptors (Lipinski definition) is 2. The van der Waals surface area contributed by atoms with Crippen LogP contribution >= 0.6 is 0 Å². The molecule has 3 heteroatoms. The molecule has 0 aliphatic rings. The fourth-order valence-electron chi connectivity index (χ4n) is 1.91. The van der Waals surface area contributed by atoms with Gasteiger partial charge in [-0.1, -0.05) is 18.2 Å². The molecule has 1 heterocycles. The van der Waals surface area contributed by atoms with E-state index in [0.29, 0.717) is 0 Å². The molecule has 0 spiro atoms. The number of benzene rings is 1. The van der Waals surface area contributed by atoms with Crippen molar-refractivity contribution in [3.8, 4) is 0 Å². The first-order chi connectivity index (χ1) is 8.16. The van der Waals surface area contributed by atoms with Gasteiger partial charge in [0.25, 0.3) is 0 Å². The molecule has 2 rings (SSSR count). The van der Waals surface area contributed by atoms with E-state index in [-0.39, 0.29) is 0 Å². The van der Waals surface area contributed by atoms with Gasteiger partial charge in [-0.3, -0.25) is 4.68 Å². The Hall–Kier alpha value is -1.61. The molecule has 0 atom stereocenters. The minimum atomic E-state index is 0.862. The largest absolute Gasteiger partial charge is 0.308 e. The van der Waals surface area contributed by atoms with Gasteiger partial charge in [0, 0.05) is 31.9 Å². The first-order valence-electron chi connectivity index (χ1n) is 5.90. The van der Waals surface area contributed by atoms with E-state index in [1.807, 2.05) is 24.1 Å². The van der Waals surface area contributed by atoms with Crippen LogP contribution in [0.2, 0.25) is 0 Å². The van der Waals surface area contributed by atoms with Crippen molar-refractivity contribution in [1.29, 1.82) is 0 Å². The minimum Gasteiger partial charge on any atom is -0.308 e. The summed E-state index contributed by atoms with van der Waals surface area (Å²) in [5.74, 6) is 0. The third-order valence-corrected chi connectivity index (χ3v) is 3.12. The zero-order valence-electron chi connectivity index (χ0n) is 10.7. The molecule has 0 unspecified atom stereocenters. The third kappa shape index (κ3) is 2.94. The second-order valence-corrected chi connectivity index (χ2v) is 4.48. The molecule has 90 valence electrons. The molecule has 17 heavy (non-hydrogen) atoms. The lowest BCUT2D eigenvalue weighted by Gasteiger charge is -2.09. The number of rotatable bonds is 4. The highest BCUT2D eigenvalue weighted by Gasteiger charge is 2.01. The molecule has 0 bridgehead atoms. The molecule has 0 saturated carbocycles. The Labute approximate surface area is 102 Å². The summed E-state index contributed by atoms with van der Waals surface area (Å²) in [6, 6.07) is 6.45. The Morgan fingerprint density at radius 1 is 1.24 bits per heavy atom. The van der Waals surface area contributed by atoms with Gasteiger partial charge in [0.2, 0.25) is 0 Å². The SMILES string of the molecule is Cc1cccc(CNCc2cnn(C)c2)c1C. The summed E-state index contributed by atoms with van der Waals surface area (Å²) in [5, 5.41) is 7.60. The first kappa shape index (κ1) is 11.9. The van der Waals surface area contributed by atoms with Crippen molar-refractivity contribution in [2.24, 2.45) is 7.05 Å². The van der Waals surface area contributed by atoms with E-state index in [0.717, 1.165) is 13.1 Å². The molecule has 0 saturated heterocycles. The van der Waals surface area contributed by atoms with Gasteiger partial charge in [0.1, 0.15) is 0 Å². The van der Waals surface area contributed by atoms with E-state index in [9.17, 15) is 0 Å². The second kappa shape index (κ2) is 5.15. The zero-order valence-corrected chi connectivity index (χ0v) is 10.7. The molecule has 3 nitrogen and oxygen atoms in total. The highest BCUT2D eigenvalue weighted by molar-refractivity contribution is 5.32. The van der Waals surface area contributed by atoms with Gasteiger partial charge in [-0.15, -0.1) is 0 Å². The van der Waals surface area contributed by atoms with Crippen LogP contribution in [0.4, 0.5) is 0 Å². The van der Waals surface area contributed by atoms with Crippen molar-refractivity contribution in [1.82, 2.24) is 15.1 Å². The summed E-state index contributed by atoms with van der Waals surface area (Å²) in [4.78, 5) is 0. The van der Waals surface area contributed by atoms with E-state index < -0.39 is 0 Å². The van der Waals surface area contributed by atoms with Gasteiger partial charge in [-0.05, 0) is 30.5 Å². The van der Waals surface area contributed by atoms with Crippen LogP contribution in [0.25, 0.3) is 0 Å². The molecule has 2 aromatic rings. The van der Waals surface area contributed by atoms with Crippen molar-refractivity contribution >= 4 is 0 Å². The van der Waals surface area contributed by atoms with E-state index >= 15 is 0 Å². The lowest BCUT2D eigenvalue weighted by molar-refractivity contribution is 0.688. The van der Waals surface area contributed by atoms with Crippen LogP contribution in [0.3, 0.4) is 0 Å². The summed E-state index contributed by atoms with van der Waals surface area (Å²) < 4.78 is 1.83. The van der Waals surface area contributed by atoms with E-state index in [2.05, 4.69) is 42.5 Å². The van der Waals surface area contributed by atoms with Crippen molar-refractivity contribution in [2.45, 2.75) is 26.9 Å². The average molecular weight is 229 g/mol. The van der Waals surface area contributed by atoms with E-state index in [4.69, 9.17) is 0 Å². The molecule has 1 aromatic carbocycles. The summed E-state index contributed by atoms with van der Waals surface area (Å²) in [5.41, 5.74) is 5.32. The van der Waals surface area contributed by atoms with Gasteiger partial charge < -0.3 is 5.32 Å². The Balaban J connectivity index is 1.92. The number of aryl methyl sites for hydroxylation is 2. The first-order valence-corrected chi connectivity index (χ1v) is 5.90. The Kier molecular flexibility index (Phi) is 3.59. The van der Waals surface area contributed by atoms with Crippen LogP contribution in [-0.4, -0.2) is 9.78 Å². The maximum Gasteiger partial charge on any atom is 0.0534 e. The van der Waals surface area contributed by atoms with Gasteiger partial charge in [0.05, 0.1) is 6.20 Å². The van der Waals surface area contributed by atoms with E-state index in [1.165, 1.54) is 22.3 Å². The fraction of sp³-hybridized carbons (Fsp3) is 0.357. The topological polar surface area (TPSA) is 29.9 Å². The number of aromatic nitrogens is 2. The van der Waals surface area contributed by atoms with Crippen molar-refractivity contribution in [2.75, 3.05) is 0 Å². The summed E-state index contributed by atoms with van der Waals surface area (Å²) in [6.45, 7) is 6.10. The summed E-state index contributed by atoms with van der Waals surface area (Å²) in [6.07, 6.45) is 3.94. The second-order valence-electron chi connectivity index (χ2n) is 4.48. The number of nitrogens with one attached hydrogen (secondary N) is 1. The Bertz CT molecular complexity index is 500. The Morgan fingerprint density at radius 3 is 2.76 bits per heavy atom. The van der Waals surface area contributed by atoms with Gasteiger partial charge in [-0.25, -0.2) is 0 Å². The van der Waals surface area contributed by atoms with Gasteiger partial charge >= 0.3 is 0 Å². The standard InChI is InChI=1S/C14H19N3/c1-11-5-4-6-14(12(11)2)9-15-7-13-8-16-17(3)10-13/h4-6,8,10,15H,7,9H2,1-3H3. The third-order valence-electron chi connectivity index (χ3n) is 3.12. The number of hydrogen-bond donors (Lipinski definition) is 1. The molecule has 0 aliphatic heterocycles. The normalized spacial score (nSPS) is 10.8. The minimum absolute atomic E-state index is 0.862. The molecule has 1 aromatic heterocycles. The van der Waals surface area contributed by atoms with Gasteiger partial charge in [0.15, 0.2) is 0 Å². The van der Waals surface area contributed by atoms with Crippen LogP contribution < -0.4 is 5.32 Å². The summed E-state index contributed by atoms with van der Waals surface area (Å²) >= 11 is 0. The van der Waals surface area contributed by atoms with Crippen LogP contribution in [0.5, 0.6) is 0 Å². The number of nitrogens with zero attached hydrogens (tertiary/aromatic N) is 2. The fourth-order valence-corrected chi connectivity index (χ4v) is 1.91. The predicted octanol–water partition coefficient (Wildman–Crippen LogP) is 2.33. The molecular weight excluding hydrogens is 210 g/mol. The monoisotopic (exact) mass is 229 g/mol. The molecule has 1 N–H and O–H groups in total. The molecule has 0 radical (unpaired) electrons. The smallest absolute Gasteiger partial charge is 0.0534 e. The van der Waals surface area contributed by atoms with E-state index in [1.54, 1.807) is 0 Å². The van der Waals surface area contributed by atoms with Crippen LogP contribution in [0, 0.1) is 13.8 Å². The van der Waals surface area contributed by atoms with Crippen molar-refractivity contribution in [3.63, 3.8) is 0 Å². The average Bonchev–Trinajstić information content (AvgIpc) is 2.70. The molecule has 0 aliphatic carbocycles. The maximum atomic E-state index is 4.15. The molecule has 0 amide bonds. The highest BCUT2D eigenvalue weighted by Crippen LogP contribution is 2.12. The molecule has 0 fully saturated rings. The lowest BCUT2D eigenvalue weighted by atomic mass is 10.0. The van der Waals surface area contributed by atoms with Crippen molar-refractivity contribution < 1.29 is 0 Å². The maximum absolute atomic E-state index is 4.15. The quantitative estimate of drug-likeness (QED) is 0.872. The summed E-state index contributed by atoms with van der Waals surface area (Å²) in [7, 11) is 1.94. The molecular formula is C14H19N3. The van der Waals surface area contributed by atoms with Crippen molar-refractivity contribution in [3.05, 3.63) is 52.8 Å². The Morgan fingerprint density at radius 2 is 2.06 bits per heavy atom.